The lowest BCUT2D eigenvalue weighted by molar-refractivity contribution is -0.384. The summed E-state index contributed by atoms with van der Waals surface area (Å²) in [5.41, 5.74) is 0.0673. The van der Waals surface area contributed by atoms with Gasteiger partial charge in [-0.15, -0.1) is 0 Å². The Balaban J connectivity index is 1.80. The van der Waals surface area contributed by atoms with Gasteiger partial charge in [-0.25, -0.2) is 15.0 Å². The molecule has 0 amide bonds. The van der Waals surface area contributed by atoms with Gasteiger partial charge in [0.15, 0.2) is 11.9 Å². The Morgan fingerprint density at radius 3 is 2.68 bits per heavy atom. The Hall–Kier alpha value is -2.35. The minimum atomic E-state index is -0.425. The summed E-state index contributed by atoms with van der Waals surface area (Å²) in [5, 5.41) is 11.3. The molecule has 0 bridgehead atoms. The minimum absolute atomic E-state index is 0.0673. The van der Waals surface area contributed by atoms with Crippen LogP contribution in [0.3, 0.4) is 0 Å². The van der Waals surface area contributed by atoms with Gasteiger partial charge in [-0.2, -0.15) is 0 Å². The highest BCUT2D eigenvalue weighted by molar-refractivity contribution is 8.14. The number of nitro groups is 1. The van der Waals surface area contributed by atoms with Crippen LogP contribution in [-0.2, 0) is 0 Å². The van der Waals surface area contributed by atoms with Crippen LogP contribution in [0, 0.1) is 10.1 Å². The summed E-state index contributed by atoms with van der Waals surface area (Å²) in [7, 11) is 0. The van der Waals surface area contributed by atoms with E-state index in [-0.39, 0.29) is 11.7 Å². The van der Waals surface area contributed by atoms with Gasteiger partial charge in [0.1, 0.15) is 17.7 Å². The quantitative estimate of drug-likeness (QED) is 0.608. The lowest BCUT2D eigenvalue weighted by Gasteiger charge is -2.13. The molecule has 19 heavy (non-hydrogen) atoms. The van der Waals surface area contributed by atoms with Gasteiger partial charge in [0.05, 0.1) is 4.92 Å². The molecular weight excluding hydrogens is 266 g/mol. The molecular formula is C11H7N5O2S. The van der Waals surface area contributed by atoms with Crippen molar-refractivity contribution in [3.8, 4) is 0 Å². The summed E-state index contributed by atoms with van der Waals surface area (Å²) >= 11 is 1.40. The molecule has 8 heteroatoms. The van der Waals surface area contributed by atoms with Gasteiger partial charge >= 0.3 is 0 Å². The number of nitrogens with zero attached hydrogens (tertiary/aromatic N) is 5. The number of non-ortho nitro benzene ring substituents is 1. The molecule has 1 aromatic carbocycles. The van der Waals surface area contributed by atoms with Gasteiger partial charge in [-0.05, 0) is 12.1 Å². The molecule has 0 aromatic heterocycles. The average Bonchev–Trinajstić information content (AvgIpc) is 2.89. The molecule has 2 aliphatic heterocycles. The third-order valence-electron chi connectivity index (χ3n) is 2.53. The van der Waals surface area contributed by atoms with Crippen molar-refractivity contribution >= 4 is 41.0 Å². The third-order valence-corrected chi connectivity index (χ3v) is 3.57. The number of aliphatic imine (C=N–C) groups is 4. The standard InChI is InChI=1S/C11H7N5O2S/c17-16(18)7-1-3-8(4-2-7)19-11-9-10(13-5-12-9)14-6-15-11/h1-6,9H. The Morgan fingerprint density at radius 1 is 1.16 bits per heavy atom. The monoisotopic (exact) mass is 273 g/mol. The third kappa shape index (κ3) is 2.29. The number of thioether (sulfide) groups is 1. The van der Waals surface area contributed by atoms with Gasteiger partial charge < -0.3 is 0 Å². The van der Waals surface area contributed by atoms with Gasteiger partial charge in [-0.3, -0.25) is 15.1 Å². The number of hydrogen-bond acceptors (Lipinski definition) is 7. The predicted octanol–water partition coefficient (Wildman–Crippen LogP) is 1.94. The van der Waals surface area contributed by atoms with E-state index in [1.54, 1.807) is 12.1 Å². The normalized spacial score (nSPS) is 19.9. The second-order valence-electron chi connectivity index (χ2n) is 3.72. The van der Waals surface area contributed by atoms with E-state index >= 15 is 0 Å². The number of rotatable bonds is 2. The molecule has 1 unspecified atom stereocenters. The SMILES string of the molecule is O=[N+]([O-])c1ccc(SC2=NC=NC3=NC=NC32)cc1. The summed E-state index contributed by atoms with van der Waals surface area (Å²) in [6.07, 6.45) is 2.91. The first-order valence-electron chi connectivity index (χ1n) is 5.36. The molecule has 1 atom stereocenters. The predicted molar refractivity (Wildman–Crippen MR) is 74.6 cm³/mol. The first-order valence-corrected chi connectivity index (χ1v) is 6.17. The molecule has 2 aliphatic rings. The van der Waals surface area contributed by atoms with Crippen molar-refractivity contribution in [3.63, 3.8) is 0 Å². The van der Waals surface area contributed by atoms with E-state index in [1.807, 2.05) is 0 Å². The molecule has 2 heterocycles. The summed E-state index contributed by atoms with van der Waals surface area (Å²) < 4.78 is 0. The van der Waals surface area contributed by atoms with Crippen LogP contribution in [0.4, 0.5) is 5.69 Å². The smallest absolute Gasteiger partial charge is 0.258 e. The van der Waals surface area contributed by atoms with Crippen LogP contribution in [0.15, 0.2) is 49.1 Å². The van der Waals surface area contributed by atoms with Crippen LogP contribution in [0.25, 0.3) is 0 Å². The van der Waals surface area contributed by atoms with E-state index < -0.39 is 4.92 Å². The van der Waals surface area contributed by atoms with Crippen molar-refractivity contribution in [3.05, 3.63) is 34.4 Å². The molecule has 0 fully saturated rings. The lowest BCUT2D eigenvalue weighted by atomic mass is 10.3. The van der Waals surface area contributed by atoms with Crippen LogP contribution in [-0.4, -0.2) is 34.5 Å². The molecule has 3 rings (SSSR count). The molecule has 0 saturated carbocycles. The molecule has 94 valence electrons. The van der Waals surface area contributed by atoms with Gasteiger partial charge in [0, 0.05) is 17.0 Å². The fraction of sp³-hybridized carbons (Fsp3) is 0.0909. The molecule has 0 saturated heterocycles. The van der Waals surface area contributed by atoms with E-state index in [0.717, 1.165) is 9.94 Å². The lowest BCUT2D eigenvalue weighted by Crippen LogP contribution is -2.25. The van der Waals surface area contributed by atoms with Crippen LogP contribution in [0.2, 0.25) is 0 Å². The van der Waals surface area contributed by atoms with Crippen molar-refractivity contribution < 1.29 is 4.92 Å². The molecule has 7 nitrogen and oxygen atoms in total. The number of fused-ring (bicyclic) bond motifs is 1. The van der Waals surface area contributed by atoms with Gasteiger partial charge in [0.25, 0.3) is 5.69 Å². The summed E-state index contributed by atoms with van der Waals surface area (Å²) in [6.45, 7) is 0. The summed E-state index contributed by atoms with van der Waals surface area (Å²) in [5.74, 6) is 0.624. The number of amidine groups is 1. The summed E-state index contributed by atoms with van der Waals surface area (Å²) in [6, 6.07) is 6.06. The molecule has 0 spiro atoms. The molecule has 1 aromatic rings. The van der Waals surface area contributed by atoms with Gasteiger partial charge in [-0.1, -0.05) is 11.8 Å². The van der Waals surface area contributed by atoms with E-state index in [9.17, 15) is 10.1 Å². The van der Waals surface area contributed by atoms with E-state index in [4.69, 9.17) is 0 Å². The highest BCUT2D eigenvalue weighted by Crippen LogP contribution is 2.27. The topological polar surface area (TPSA) is 92.6 Å². The first-order chi connectivity index (χ1) is 9.24. The highest BCUT2D eigenvalue weighted by Gasteiger charge is 2.26. The van der Waals surface area contributed by atoms with Crippen LogP contribution < -0.4 is 0 Å². The average molecular weight is 273 g/mol. The molecule has 0 radical (unpaired) electrons. The Bertz CT molecular complexity index is 648. The van der Waals surface area contributed by atoms with E-state index in [1.165, 1.54) is 36.6 Å². The molecule has 0 aliphatic carbocycles. The van der Waals surface area contributed by atoms with Gasteiger partial charge in [0.2, 0.25) is 0 Å². The maximum absolute atomic E-state index is 10.6. The fourth-order valence-electron chi connectivity index (χ4n) is 1.63. The zero-order chi connectivity index (χ0) is 13.2. The Labute approximate surface area is 112 Å². The zero-order valence-electron chi connectivity index (χ0n) is 9.50. The number of hydrogen-bond donors (Lipinski definition) is 0. The maximum atomic E-state index is 10.6. The number of nitro benzene ring substituents is 1. The highest BCUT2D eigenvalue weighted by atomic mass is 32.2. The second kappa shape index (κ2) is 4.73. The second-order valence-corrected chi connectivity index (χ2v) is 4.81. The maximum Gasteiger partial charge on any atom is 0.269 e. The summed E-state index contributed by atoms with van der Waals surface area (Å²) in [4.78, 5) is 27.4. The number of benzene rings is 1. The van der Waals surface area contributed by atoms with Crippen molar-refractivity contribution in [2.24, 2.45) is 20.0 Å². The van der Waals surface area contributed by atoms with Crippen molar-refractivity contribution in [1.82, 2.24) is 0 Å². The van der Waals surface area contributed by atoms with Crippen LogP contribution in [0.1, 0.15) is 0 Å². The van der Waals surface area contributed by atoms with Crippen LogP contribution in [0.5, 0.6) is 0 Å². The molecule has 0 N–H and O–H groups in total. The van der Waals surface area contributed by atoms with E-state index in [2.05, 4.69) is 20.0 Å². The van der Waals surface area contributed by atoms with Crippen molar-refractivity contribution in [2.75, 3.05) is 0 Å². The Morgan fingerprint density at radius 2 is 1.95 bits per heavy atom. The van der Waals surface area contributed by atoms with Crippen molar-refractivity contribution in [1.29, 1.82) is 0 Å². The zero-order valence-corrected chi connectivity index (χ0v) is 10.3. The fourth-order valence-corrected chi connectivity index (χ4v) is 2.52. The largest absolute Gasteiger partial charge is 0.269 e. The Kier molecular flexibility index (Phi) is 2.92. The van der Waals surface area contributed by atoms with Crippen molar-refractivity contribution in [2.45, 2.75) is 10.9 Å². The van der Waals surface area contributed by atoms with E-state index in [0.29, 0.717) is 5.84 Å². The first kappa shape index (κ1) is 11.7. The minimum Gasteiger partial charge on any atom is -0.258 e. The van der Waals surface area contributed by atoms with Crippen LogP contribution >= 0.6 is 11.8 Å².